The predicted octanol–water partition coefficient (Wildman–Crippen LogP) is 2.58. The summed E-state index contributed by atoms with van der Waals surface area (Å²) in [7, 11) is 0. The van der Waals surface area contributed by atoms with Crippen LogP contribution in [0, 0.1) is 0 Å². The average Bonchev–Trinajstić information content (AvgIpc) is 2.71. The maximum absolute atomic E-state index is 4.40. The van der Waals surface area contributed by atoms with Crippen molar-refractivity contribution in [3.8, 4) is 0 Å². The van der Waals surface area contributed by atoms with Gasteiger partial charge in [0.1, 0.15) is 0 Å². The summed E-state index contributed by atoms with van der Waals surface area (Å²) in [6.07, 6.45) is 4.79. The van der Waals surface area contributed by atoms with Gasteiger partial charge in [-0.15, -0.1) is 0 Å². The Labute approximate surface area is 126 Å². The van der Waals surface area contributed by atoms with E-state index in [4.69, 9.17) is 0 Å². The zero-order valence-electron chi connectivity index (χ0n) is 12.5. The van der Waals surface area contributed by atoms with E-state index in [0.717, 1.165) is 38.5 Å². The lowest BCUT2D eigenvalue weighted by Crippen LogP contribution is -2.36. The Morgan fingerprint density at radius 2 is 1.76 bits per heavy atom. The Morgan fingerprint density at radius 3 is 2.52 bits per heavy atom. The first-order valence-electron chi connectivity index (χ1n) is 7.63. The smallest absolute Gasteiger partial charge is 0.225 e. The highest BCUT2D eigenvalue weighted by atomic mass is 15.3. The van der Waals surface area contributed by atoms with Crippen molar-refractivity contribution in [2.75, 3.05) is 24.5 Å². The van der Waals surface area contributed by atoms with Crippen molar-refractivity contribution >= 4 is 5.95 Å². The summed E-state index contributed by atoms with van der Waals surface area (Å²) in [4.78, 5) is 13.6. The average molecular weight is 282 g/mol. The zero-order valence-corrected chi connectivity index (χ0v) is 12.5. The third kappa shape index (κ3) is 3.58. The van der Waals surface area contributed by atoms with Gasteiger partial charge in [-0.25, -0.2) is 9.97 Å². The number of nitrogens with zero attached hydrogens (tertiary/aromatic N) is 4. The Kier molecular flexibility index (Phi) is 4.46. The molecule has 1 aliphatic heterocycles. The van der Waals surface area contributed by atoms with Gasteiger partial charge in [0.15, 0.2) is 0 Å². The zero-order chi connectivity index (χ0) is 14.5. The molecule has 110 valence electrons. The molecule has 0 bridgehead atoms. The Hall–Kier alpha value is -1.94. The second-order valence-electron chi connectivity index (χ2n) is 5.64. The normalized spacial score (nSPS) is 20.2. The van der Waals surface area contributed by atoms with Gasteiger partial charge < -0.3 is 4.90 Å². The molecular formula is C17H22N4. The molecule has 0 amide bonds. The van der Waals surface area contributed by atoms with Gasteiger partial charge in [-0.05, 0) is 25.0 Å². The summed E-state index contributed by atoms with van der Waals surface area (Å²) in [5.41, 5.74) is 1.38. The number of rotatable bonds is 3. The van der Waals surface area contributed by atoms with Gasteiger partial charge in [0, 0.05) is 44.6 Å². The van der Waals surface area contributed by atoms with E-state index < -0.39 is 0 Å². The van der Waals surface area contributed by atoms with E-state index in [1.54, 1.807) is 0 Å². The lowest BCUT2D eigenvalue weighted by molar-refractivity contribution is 0.283. The standard InChI is InChI=1S/C17H22N4/c1-15-8-11-20(14-16-6-3-2-4-7-16)12-13-21(15)17-18-9-5-10-19-17/h2-7,9-10,15H,8,11-14H2,1H3. The molecule has 2 heterocycles. The number of hydrogen-bond acceptors (Lipinski definition) is 4. The van der Waals surface area contributed by atoms with Crippen molar-refractivity contribution in [1.29, 1.82) is 0 Å². The summed E-state index contributed by atoms with van der Waals surface area (Å²) in [6.45, 7) is 6.45. The number of aromatic nitrogens is 2. The highest BCUT2D eigenvalue weighted by Crippen LogP contribution is 2.17. The van der Waals surface area contributed by atoms with Crippen LogP contribution < -0.4 is 4.90 Å². The molecule has 1 fully saturated rings. The predicted molar refractivity (Wildman–Crippen MR) is 85.2 cm³/mol. The third-order valence-corrected chi connectivity index (χ3v) is 4.11. The quantitative estimate of drug-likeness (QED) is 0.866. The summed E-state index contributed by atoms with van der Waals surface area (Å²) in [6, 6.07) is 13.0. The summed E-state index contributed by atoms with van der Waals surface area (Å²) < 4.78 is 0. The second-order valence-corrected chi connectivity index (χ2v) is 5.64. The van der Waals surface area contributed by atoms with Crippen LogP contribution in [0.15, 0.2) is 48.8 Å². The van der Waals surface area contributed by atoms with Crippen molar-refractivity contribution in [3.05, 3.63) is 54.4 Å². The minimum Gasteiger partial charge on any atom is -0.337 e. The molecular weight excluding hydrogens is 260 g/mol. The van der Waals surface area contributed by atoms with Crippen molar-refractivity contribution < 1.29 is 0 Å². The van der Waals surface area contributed by atoms with Gasteiger partial charge >= 0.3 is 0 Å². The van der Waals surface area contributed by atoms with Gasteiger partial charge in [-0.2, -0.15) is 0 Å². The summed E-state index contributed by atoms with van der Waals surface area (Å²) >= 11 is 0. The molecule has 3 rings (SSSR count). The molecule has 0 radical (unpaired) electrons. The van der Waals surface area contributed by atoms with Crippen molar-refractivity contribution in [1.82, 2.24) is 14.9 Å². The fourth-order valence-electron chi connectivity index (χ4n) is 2.84. The number of hydrogen-bond donors (Lipinski definition) is 0. The third-order valence-electron chi connectivity index (χ3n) is 4.11. The number of anilines is 1. The first kappa shape index (κ1) is 14.0. The van der Waals surface area contributed by atoms with E-state index in [1.807, 2.05) is 18.5 Å². The van der Waals surface area contributed by atoms with E-state index in [2.05, 4.69) is 57.0 Å². The highest BCUT2D eigenvalue weighted by Gasteiger charge is 2.22. The van der Waals surface area contributed by atoms with E-state index in [9.17, 15) is 0 Å². The van der Waals surface area contributed by atoms with E-state index in [0.29, 0.717) is 6.04 Å². The minimum absolute atomic E-state index is 0.480. The SMILES string of the molecule is CC1CCN(Cc2ccccc2)CCN1c1ncccn1. The molecule has 0 N–H and O–H groups in total. The van der Waals surface area contributed by atoms with Crippen LogP contribution in [0.1, 0.15) is 18.9 Å². The van der Waals surface area contributed by atoms with Crippen molar-refractivity contribution in [2.45, 2.75) is 25.9 Å². The van der Waals surface area contributed by atoms with Gasteiger partial charge in [0.05, 0.1) is 0 Å². The summed E-state index contributed by atoms with van der Waals surface area (Å²) in [5.74, 6) is 0.853. The van der Waals surface area contributed by atoms with Gasteiger partial charge in [0.2, 0.25) is 5.95 Å². The van der Waals surface area contributed by atoms with E-state index in [-0.39, 0.29) is 0 Å². The fraction of sp³-hybridized carbons (Fsp3) is 0.412. The molecule has 4 nitrogen and oxygen atoms in total. The first-order chi connectivity index (χ1) is 10.3. The van der Waals surface area contributed by atoms with Crippen LogP contribution in [0.5, 0.6) is 0 Å². The van der Waals surface area contributed by atoms with Gasteiger partial charge in [0.25, 0.3) is 0 Å². The highest BCUT2D eigenvalue weighted by molar-refractivity contribution is 5.30. The lowest BCUT2D eigenvalue weighted by atomic mass is 10.2. The van der Waals surface area contributed by atoms with Crippen LogP contribution in [0.25, 0.3) is 0 Å². The van der Waals surface area contributed by atoms with Crippen LogP contribution in [0.3, 0.4) is 0 Å². The molecule has 4 heteroatoms. The molecule has 0 aliphatic carbocycles. The van der Waals surface area contributed by atoms with Crippen LogP contribution in [-0.4, -0.2) is 40.5 Å². The molecule has 0 saturated carbocycles. The number of benzene rings is 1. The molecule has 1 aromatic heterocycles. The van der Waals surface area contributed by atoms with Crippen molar-refractivity contribution in [3.63, 3.8) is 0 Å². The van der Waals surface area contributed by atoms with Crippen LogP contribution >= 0.6 is 0 Å². The van der Waals surface area contributed by atoms with Gasteiger partial charge in [-0.1, -0.05) is 30.3 Å². The fourth-order valence-corrected chi connectivity index (χ4v) is 2.84. The molecule has 1 aromatic carbocycles. The van der Waals surface area contributed by atoms with Gasteiger partial charge in [-0.3, -0.25) is 4.90 Å². The van der Waals surface area contributed by atoms with Crippen LogP contribution in [0.4, 0.5) is 5.95 Å². The lowest BCUT2D eigenvalue weighted by Gasteiger charge is -2.26. The maximum atomic E-state index is 4.40. The maximum Gasteiger partial charge on any atom is 0.225 e. The molecule has 2 aromatic rings. The van der Waals surface area contributed by atoms with E-state index in [1.165, 1.54) is 5.56 Å². The summed E-state index contributed by atoms with van der Waals surface area (Å²) in [5, 5.41) is 0. The largest absolute Gasteiger partial charge is 0.337 e. The molecule has 0 spiro atoms. The first-order valence-corrected chi connectivity index (χ1v) is 7.63. The second kappa shape index (κ2) is 6.68. The molecule has 1 unspecified atom stereocenters. The Bertz CT molecular complexity index is 543. The Morgan fingerprint density at radius 1 is 1.00 bits per heavy atom. The minimum atomic E-state index is 0.480. The monoisotopic (exact) mass is 282 g/mol. The van der Waals surface area contributed by atoms with Crippen molar-refractivity contribution in [2.24, 2.45) is 0 Å². The Balaban J connectivity index is 1.66. The molecule has 1 saturated heterocycles. The topological polar surface area (TPSA) is 32.3 Å². The molecule has 1 atom stereocenters. The molecule has 21 heavy (non-hydrogen) atoms. The molecule has 1 aliphatic rings. The van der Waals surface area contributed by atoms with Crippen LogP contribution in [0.2, 0.25) is 0 Å². The van der Waals surface area contributed by atoms with E-state index >= 15 is 0 Å². The van der Waals surface area contributed by atoms with Crippen LogP contribution in [-0.2, 0) is 6.54 Å².